The van der Waals surface area contributed by atoms with Crippen molar-refractivity contribution in [3.63, 3.8) is 0 Å². The molecule has 3 atom stereocenters. The molecule has 1 aromatic carbocycles. The fourth-order valence-electron chi connectivity index (χ4n) is 4.04. The van der Waals surface area contributed by atoms with Crippen LogP contribution in [0.4, 0.5) is 5.95 Å². The summed E-state index contributed by atoms with van der Waals surface area (Å²) in [6, 6.07) is 7.92. The van der Waals surface area contributed by atoms with E-state index in [1.54, 1.807) is 0 Å². The molecule has 144 valence electrons. The average molecular weight is 379 g/mol. The number of benzene rings is 1. The lowest BCUT2D eigenvalue weighted by atomic mass is 10.2. The topological polar surface area (TPSA) is 99.8 Å². The Balaban J connectivity index is 1.48. The predicted molar refractivity (Wildman–Crippen MR) is 104 cm³/mol. The van der Waals surface area contributed by atoms with Crippen LogP contribution in [-0.4, -0.2) is 28.7 Å². The minimum Gasteiger partial charge on any atom is -0.489 e. The lowest BCUT2D eigenvalue weighted by molar-refractivity contribution is 0.297. The number of aliphatic imine (C=N–C) groups is 1. The van der Waals surface area contributed by atoms with Crippen LogP contribution in [0.3, 0.4) is 0 Å². The van der Waals surface area contributed by atoms with Gasteiger partial charge in [-0.3, -0.25) is 9.88 Å². The molecule has 6 rings (SSSR count). The number of fused-ring (bicyclic) bond motifs is 4. The molecule has 1 saturated carbocycles. The third-order valence-corrected chi connectivity index (χ3v) is 5.68. The quantitative estimate of drug-likeness (QED) is 0.709. The number of guanidine groups is 1. The number of nitrogens with two attached hydrogens (primary N) is 1. The van der Waals surface area contributed by atoms with Crippen LogP contribution in [0.15, 0.2) is 33.7 Å². The number of nitrogens with zero attached hydrogens (tertiary/aromatic N) is 3. The van der Waals surface area contributed by atoms with Gasteiger partial charge in [0.15, 0.2) is 23.6 Å². The molecule has 0 saturated heterocycles. The summed E-state index contributed by atoms with van der Waals surface area (Å²) < 4.78 is 19.8. The number of anilines is 1. The van der Waals surface area contributed by atoms with Crippen LogP contribution >= 0.6 is 0 Å². The minimum atomic E-state index is -0.409. The van der Waals surface area contributed by atoms with Gasteiger partial charge in [0.05, 0.1) is 24.2 Å². The van der Waals surface area contributed by atoms with Gasteiger partial charge in [-0.1, -0.05) is 6.92 Å². The van der Waals surface area contributed by atoms with Gasteiger partial charge < -0.3 is 19.6 Å². The van der Waals surface area contributed by atoms with E-state index in [2.05, 4.69) is 23.3 Å². The summed E-state index contributed by atoms with van der Waals surface area (Å²) >= 11 is 0. The average Bonchev–Trinajstić information content (AvgIpc) is 3.13. The van der Waals surface area contributed by atoms with Crippen LogP contribution in [0, 0.1) is 5.92 Å². The van der Waals surface area contributed by atoms with Gasteiger partial charge in [0.1, 0.15) is 11.5 Å². The second-order valence-corrected chi connectivity index (χ2v) is 7.72. The highest BCUT2D eigenvalue weighted by Gasteiger charge is 2.37. The Labute approximate surface area is 161 Å². The van der Waals surface area contributed by atoms with E-state index >= 15 is 0 Å². The summed E-state index contributed by atoms with van der Waals surface area (Å²) in [6.45, 7) is 3.51. The summed E-state index contributed by atoms with van der Waals surface area (Å²) in [5.74, 6) is 5.35. The fraction of sp³-hybridized carbons (Fsp3) is 0.400. The second kappa shape index (κ2) is 5.67. The van der Waals surface area contributed by atoms with Crippen LogP contribution in [0.25, 0.3) is 11.0 Å². The van der Waals surface area contributed by atoms with E-state index in [1.165, 1.54) is 6.42 Å². The molecule has 0 unspecified atom stereocenters. The molecule has 1 aliphatic carbocycles. The van der Waals surface area contributed by atoms with Gasteiger partial charge in [-0.2, -0.15) is 0 Å². The van der Waals surface area contributed by atoms with Crippen LogP contribution in [0.1, 0.15) is 43.4 Å². The van der Waals surface area contributed by atoms with Gasteiger partial charge in [-0.15, -0.1) is 0 Å². The molecule has 3 aromatic rings. The molecule has 0 bridgehead atoms. The van der Waals surface area contributed by atoms with Crippen molar-refractivity contribution in [1.29, 1.82) is 0 Å². The summed E-state index contributed by atoms with van der Waals surface area (Å²) in [7, 11) is 0. The number of ether oxygens (including phenoxy) is 2. The van der Waals surface area contributed by atoms with Gasteiger partial charge in [-0.05, 0) is 24.5 Å². The Hall–Kier alpha value is -3.16. The molecule has 1 fully saturated rings. The van der Waals surface area contributed by atoms with E-state index in [4.69, 9.17) is 24.6 Å². The Morgan fingerprint density at radius 2 is 1.89 bits per heavy atom. The Morgan fingerprint density at radius 1 is 1.14 bits per heavy atom. The maximum atomic E-state index is 6.18. The maximum absolute atomic E-state index is 6.18. The first-order chi connectivity index (χ1) is 13.7. The molecule has 3 aliphatic rings. The Kier molecular flexibility index (Phi) is 3.21. The lowest BCUT2D eigenvalue weighted by Gasteiger charge is -2.22. The van der Waals surface area contributed by atoms with Crippen molar-refractivity contribution in [3.8, 4) is 11.5 Å². The molecule has 4 heterocycles. The van der Waals surface area contributed by atoms with Crippen molar-refractivity contribution in [2.45, 2.75) is 31.8 Å². The maximum Gasteiger partial charge on any atom is 0.212 e. The van der Waals surface area contributed by atoms with Crippen LogP contribution in [0.2, 0.25) is 0 Å². The number of aromatic nitrogens is 2. The standard InChI is InChI=1S/C20H21N5O3/c1-10-7-11(10)14-3-4-15(28-14)18-23-19(21)24-20-22-12-8-16-17(9-13(12)25(18)20)27-6-2-5-26-16/h3-4,8-11,18H,2,5-7H2,1H3,(H3,21,22,23,24)/t10-,11+,18+/m1/s1. The SMILES string of the molecule is C[C@@H]1C[C@@H]1c1ccc([C@H]2N=C(N)Nc3nc4cc5c(cc4n32)OCCCO5)o1. The molecule has 2 aliphatic heterocycles. The number of nitrogens with one attached hydrogen (secondary N) is 1. The van der Waals surface area contributed by atoms with Gasteiger partial charge in [-0.25, -0.2) is 9.98 Å². The third-order valence-electron chi connectivity index (χ3n) is 5.68. The Morgan fingerprint density at radius 3 is 2.68 bits per heavy atom. The molecule has 3 N–H and O–H groups in total. The molecule has 8 heteroatoms. The van der Waals surface area contributed by atoms with E-state index in [9.17, 15) is 0 Å². The summed E-state index contributed by atoms with van der Waals surface area (Å²) in [5.41, 5.74) is 7.73. The second-order valence-electron chi connectivity index (χ2n) is 7.72. The van der Waals surface area contributed by atoms with E-state index in [0.717, 1.165) is 34.7 Å². The third kappa shape index (κ3) is 2.37. The van der Waals surface area contributed by atoms with Crippen molar-refractivity contribution in [3.05, 3.63) is 35.8 Å². The number of imidazole rings is 1. The minimum absolute atomic E-state index is 0.319. The predicted octanol–water partition coefficient (Wildman–Crippen LogP) is 3.20. The molecule has 0 spiro atoms. The highest BCUT2D eigenvalue weighted by Crippen LogP contribution is 2.48. The normalized spacial score (nSPS) is 25.6. The first kappa shape index (κ1) is 15.9. The van der Waals surface area contributed by atoms with E-state index in [1.807, 2.05) is 22.8 Å². The molecule has 0 amide bonds. The van der Waals surface area contributed by atoms with Crippen molar-refractivity contribution < 1.29 is 13.9 Å². The zero-order valence-corrected chi connectivity index (χ0v) is 15.5. The van der Waals surface area contributed by atoms with Gasteiger partial charge in [0.2, 0.25) is 5.95 Å². The highest BCUT2D eigenvalue weighted by molar-refractivity contribution is 5.95. The first-order valence-electron chi connectivity index (χ1n) is 9.69. The van der Waals surface area contributed by atoms with Gasteiger partial charge in [0.25, 0.3) is 0 Å². The van der Waals surface area contributed by atoms with Crippen molar-refractivity contribution in [2.24, 2.45) is 16.6 Å². The van der Waals surface area contributed by atoms with E-state index in [-0.39, 0.29) is 0 Å². The van der Waals surface area contributed by atoms with E-state index in [0.29, 0.717) is 42.7 Å². The summed E-state index contributed by atoms with van der Waals surface area (Å²) in [6.07, 6.45) is 1.62. The molecule has 28 heavy (non-hydrogen) atoms. The number of hydrogen-bond donors (Lipinski definition) is 2. The number of furan rings is 1. The van der Waals surface area contributed by atoms with Gasteiger partial charge in [0, 0.05) is 24.5 Å². The zero-order chi connectivity index (χ0) is 18.8. The van der Waals surface area contributed by atoms with Crippen molar-refractivity contribution in [2.75, 3.05) is 18.5 Å². The molecular weight excluding hydrogens is 358 g/mol. The summed E-state index contributed by atoms with van der Waals surface area (Å²) in [4.78, 5) is 9.30. The molecule has 8 nitrogen and oxygen atoms in total. The first-order valence-corrected chi connectivity index (χ1v) is 9.69. The van der Waals surface area contributed by atoms with E-state index < -0.39 is 6.17 Å². The van der Waals surface area contributed by atoms with Gasteiger partial charge >= 0.3 is 0 Å². The largest absolute Gasteiger partial charge is 0.489 e. The van der Waals surface area contributed by atoms with Crippen LogP contribution in [-0.2, 0) is 0 Å². The molecule has 2 aromatic heterocycles. The van der Waals surface area contributed by atoms with Crippen LogP contribution in [0.5, 0.6) is 11.5 Å². The van der Waals surface area contributed by atoms with Crippen molar-refractivity contribution in [1.82, 2.24) is 9.55 Å². The number of hydrogen-bond acceptors (Lipinski definition) is 7. The monoisotopic (exact) mass is 379 g/mol. The Bertz CT molecular complexity index is 1110. The van der Waals surface area contributed by atoms with Crippen LogP contribution < -0.4 is 20.5 Å². The smallest absolute Gasteiger partial charge is 0.212 e. The van der Waals surface area contributed by atoms with Crippen molar-refractivity contribution >= 4 is 22.9 Å². The zero-order valence-electron chi connectivity index (χ0n) is 15.5. The fourth-order valence-corrected chi connectivity index (χ4v) is 4.04. The number of rotatable bonds is 2. The molecule has 0 radical (unpaired) electrons. The highest BCUT2D eigenvalue weighted by atomic mass is 16.5. The molecular formula is C20H21N5O3. The summed E-state index contributed by atoms with van der Waals surface area (Å²) in [5, 5.41) is 3.06. The lowest BCUT2D eigenvalue weighted by Crippen LogP contribution is -2.31.